The van der Waals surface area contributed by atoms with Crippen LogP contribution in [0.4, 0.5) is 11.4 Å². The number of halogens is 1. The Kier molecular flexibility index (Phi) is 4.18. The van der Waals surface area contributed by atoms with Crippen LogP contribution in [0.1, 0.15) is 0 Å². The van der Waals surface area contributed by atoms with Crippen molar-refractivity contribution in [2.75, 3.05) is 0 Å². The highest BCUT2D eigenvalue weighted by molar-refractivity contribution is 7.86. The number of pyridine rings is 1. The average molecular weight is 364 g/mol. The number of hydrogen-bond acceptors (Lipinski definition) is 6. The van der Waals surface area contributed by atoms with Crippen LogP contribution < -0.4 is 0 Å². The van der Waals surface area contributed by atoms with Crippen LogP contribution in [0.5, 0.6) is 5.75 Å². The van der Waals surface area contributed by atoms with E-state index in [1.807, 2.05) is 0 Å². The van der Waals surface area contributed by atoms with Gasteiger partial charge >= 0.3 is 0 Å². The van der Waals surface area contributed by atoms with Gasteiger partial charge in [0.15, 0.2) is 0 Å². The smallest absolute Gasteiger partial charge is 0.296 e. The maximum absolute atomic E-state index is 11.4. The SMILES string of the molecule is O=S(=O)(O)c1ccc(Cl)cc1N=Nc1ccc(O)c2ncccc12. The fraction of sp³-hybridized carbons (Fsp3) is 0. The third kappa shape index (κ3) is 3.21. The molecule has 0 radical (unpaired) electrons. The monoisotopic (exact) mass is 363 g/mol. The van der Waals surface area contributed by atoms with Gasteiger partial charge in [0.2, 0.25) is 0 Å². The third-order valence-electron chi connectivity index (χ3n) is 3.19. The number of fused-ring (bicyclic) bond motifs is 1. The summed E-state index contributed by atoms with van der Waals surface area (Å²) in [4.78, 5) is 3.65. The van der Waals surface area contributed by atoms with Crippen molar-refractivity contribution >= 4 is 44.0 Å². The number of phenolic OH excluding ortho intramolecular Hbond substituents is 1. The maximum atomic E-state index is 11.4. The van der Waals surface area contributed by atoms with Crippen LogP contribution in [0.3, 0.4) is 0 Å². The molecule has 0 unspecified atom stereocenters. The van der Waals surface area contributed by atoms with Crippen LogP contribution in [-0.2, 0) is 10.1 Å². The van der Waals surface area contributed by atoms with Gasteiger partial charge in [-0.05, 0) is 42.5 Å². The highest BCUT2D eigenvalue weighted by atomic mass is 35.5. The van der Waals surface area contributed by atoms with E-state index in [4.69, 9.17) is 11.6 Å². The topological polar surface area (TPSA) is 112 Å². The summed E-state index contributed by atoms with van der Waals surface area (Å²) in [5.74, 6) is -0.00840. The summed E-state index contributed by atoms with van der Waals surface area (Å²) in [5.41, 5.74) is 0.613. The molecule has 0 aliphatic carbocycles. The molecule has 3 rings (SSSR count). The van der Waals surface area contributed by atoms with E-state index >= 15 is 0 Å². The zero-order valence-corrected chi connectivity index (χ0v) is 13.5. The van der Waals surface area contributed by atoms with E-state index in [2.05, 4.69) is 15.2 Å². The molecule has 2 N–H and O–H groups in total. The summed E-state index contributed by atoms with van der Waals surface area (Å²) < 4.78 is 32.1. The van der Waals surface area contributed by atoms with Crippen molar-refractivity contribution in [3.05, 3.63) is 53.7 Å². The molecular weight excluding hydrogens is 354 g/mol. The van der Waals surface area contributed by atoms with Crippen LogP contribution in [0.15, 0.2) is 63.8 Å². The molecule has 7 nitrogen and oxygen atoms in total. The second-order valence-electron chi connectivity index (χ2n) is 4.79. The van der Waals surface area contributed by atoms with Gasteiger partial charge in [0.25, 0.3) is 10.1 Å². The highest BCUT2D eigenvalue weighted by Crippen LogP contribution is 2.33. The molecule has 0 saturated carbocycles. The third-order valence-corrected chi connectivity index (χ3v) is 4.33. The molecule has 1 aromatic heterocycles. The first-order chi connectivity index (χ1) is 11.4. The van der Waals surface area contributed by atoms with E-state index in [1.165, 1.54) is 30.5 Å². The van der Waals surface area contributed by atoms with Gasteiger partial charge in [-0.1, -0.05) is 11.6 Å². The molecule has 0 atom stereocenters. The first-order valence-corrected chi connectivity index (χ1v) is 8.43. The molecule has 24 heavy (non-hydrogen) atoms. The number of aromatic hydroxyl groups is 1. The Morgan fingerprint density at radius 3 is 2.54 bits per heavy atom. The van der Waals surface area contributed by atoms with Crippen LogP contribution in [0.25, 0.3) is 10.9 Å². The van der Waals surface area contributed by atoms with Gasteiger partial charge in [-0.3, -0.25) is 9.54 Å². The van der Waals surface area contributed by atoms with Crippen molar-refractivity contribution in [1.82, 2.24) is 4.98 Å². The summed E-state index contributed by atoms with van der Waals surface area (Å²) in [6, 6.07) is 10.0. The maximum Gasteiger partial charge on any atom is 0.296 e. The standard InChI is InChI=1S/C15H10ClN3O4S/c16-9-3-6-14(24(21,22)23)12(8-9)19-18-11-4-5-13(20)15-10(11)2-1-7-17-15/h1-8,20H,(H,21,22,23). The number of azo groups is 1. The molecule has 0 bridgehead atoms. The molecule has 2 aromatic carbocycles. The van der Waals surface area contributed by atoms with Gasteiger partial charge in [0.05, 0.1) is 5.69 Å². The van der Waals surface area contributed by atoms with Crippen LogP contribution in [-0.4, -0.2) is 23.1 Å². The minimum atomic E-state index is -4.47. The molecular formula is C15H10ClN3O4S. The van der Waals surface area contributed by atoms with E-state index in [-0.39, 0.29) is 16.5 Å². The number of benzene rings is 2. The van der Waals surface area contributed by atoms with Gasteiger partial charge in [-0.2, -0.15) is 8.42 Å². The molecule has 0 aliphatic rings. The normalized spacial score (nSPS) is 12.1. The Balaban J connectivity index is 2.14. The van der Waals surface area contributed by atoms with Crippen LogP contribution in [0.2, 0.25) is 5.02 Å². The fourth-order valence-electron chi connectivity index (χ4n) is 2.12. The Hall–Kier alpha value is -2.55. The summed E-state index contributed by atoms with van der Waals surface area (Å²) in [5, 5.41) is 18.5. The zero-order valence-electron chi connectivity index (χ0n) is 12.0. The summed E-state index contributed by atoms with van der Waals surface area (Å²) >= 11 is 5.84. The van der Waals surface area contributed by atoms with E-state index in [0.29, 0.717) is 16.6 Å². The lowest BCUT2D eigenvalue weighted by Crippen LogP contribution is -1.97. The van der Waals surface area contributed by atoms with Crippen LogP contribution >= 0.6 is 11.6 Å². The largest absolute Gasteiger partial charge is 0.506 e. The summed E-state index contributed by atoms with van der Waals surface area (Å²) in [7, 11) is -4.47. The Labute approximate surface area is 142 Å². The predicted molar refractivity (Wildman–Crippen MR) is 88.9 cm³/mol. The Bertz CT molecular complexity index is 1070. The second-order valence-corrected chi connectivity index (χ2v) is 6.62. The van der Waals surface area contributed by atoms with Gasteiger partial charge in [0, 0.05) is 16.6 Å². The first kappa shape index (κ1) is 16.3. The number of nitrogens with zero attached hydrogens (tertiary/aromatic N) is 3. The first-order valence-electron chi connectivity index (χ1n) is 6.62. The van der Waals surface area contributed by atoms with Crippen molar-refractivity contribution < 1.29 is 18.1 Å². The van der Waals surface area contributed by atoms with Gasteiger partial charge < -0.3 is 5.11 Å². The average Bonchev–Trinajstić information content (AvgIpc) is 2.53. The molecule has 0 spiro atoms. The lowest BCUT2D eigenvalue weighted by molar-refractivity contribution is 0.480. The van der Waals surface area contributed by atoms with E-state index in [1.54, 1.807) is 12.1 Å². The molecule has 0 fully saturated rings. The second kappa shape index (κ2) is 6.16. The number of aromatic nitrogens is 1. The van der Waals surface area contributed by atoms with Crippen LogP contribution in [0, 0.1) is 0 Å². The quantitative estimate of drug-likeness (QED) is 0.533. The highest BCUT2D eigenvalue weighted by Gasteiger charge is 2.16. The van der Waals surface area contributed by atoms with Crippen molar-refractivity contribution in [3.8, 4) is 5.75 Å². The Morgan fingerprint density at radius 2 is 1.79 bits per heavy atom. The van der Waals surface area contributed by atoms with Crippen molar-refractivity contribution in [3.63, 3.8) is 0 Å². The van der Waals surface area contributed by atoms with Crippen molar-refractivity contribution in [2.45, 2.75) is 4.90 Å². The minimum Gasteiger partial charge on any atom is -0.506 e. The van der Waals surface area contributed by atoms with Crippen molar-refractivity contribution in [1.29, 1.82) is 0 Å². The Morgan fingerprint density at radius 1 is 1.04 bits per heavy atom. The number of hydrogen-bond donors (Lipinski definition) is 2. The van der Waals surface area contributed by atoms with E-state index in [9.17, 15) is 18.1 Å². The van der Waals surface area contributed by atoms with Crippen molar-refractivity contribution in [2.24, 2.45) is 10.2 Å². The van der Waals surface area contributed by atoms with Gasteiger partial charge in [0.1, 0.15) is 21.8 Å². The zero-order chi connectivity index (χ0) is 17.3. The van der Waals surface area contributed by atoms with E-state index < -0.39 is 15.0 Å². The lowest BCUT2D eigenvalue weighted by Gasteiger charge is -2.04. The molecule has 9 heteroatoms. The lowest BCUT2D eigenvalue weighted by atomic mass is 10.2. The van der Waals surface area contributed by atoms with Gasteiger partial charge in [-0.25, -0.2) is 0 Å². The number of rotatable bonds is 3. The predicted octanol–water partition coefficient (Wildman–Crippen LogP) is 4.26. The molecule has 0 saturated heterocycles. The summed E-state index contributed by atoms with van der Waals surface area (Å²) in [6.07, 6.45) is 1.52. The minimum absolute atomic E-state index is 0.00840. The molecule has 1 heterocycles. The number of phenols is 1. The van der Waals surface area contributed by atoms with Gasteiger partial charge in [-0.15, -0.1) is 10.2 Å². The fourth-order valence-corrected chi connectivity index (χ4v) is 2.89. The van der Waals surface area contributed by atoms with E-state index in [0.717, 1.165) is 6.07 Å². The molecule has 0 amide bonds. The molecule has 0 aliphatic heterocycles. The summed E-state index contributed by atoms with van der Waals surface area (Å²) in [6.45, 7) is 0. The molecule has 122 valence electrons. The molecule has 3 aromatic rings.